The average Bonchev–Trinajstić information content (AvgIpc) is 3.07. The Labute approximate surface area is 134 Å². The lowest BCUT2D eigenvalue weighted by molar-refractivity contribution is -0.155. The van der Waals surface area contributed by atoms with E-state index in [-0.39, 0.29) is 18.9 Å². The van der Waals surface area contributed by atoms with Gasteiger partial charge in [-0.05, 0) is 25.2 Å². The second-order valence-electron chi connectivity index (χ2n) is 7.51. The van der Waals surface area contributed by atoms with Gasteiger partial charge < -0.3 is 4.90 Å². The molecule has 0 radical (unpaired) electrons. The summed E-state index contributed by atoms with van der Waals surface area (Å²) >= 11 is 0. The summed E-state index contributed by atoms with van der Waals surface area (Å²) < 4.78 is 28.6. The van der Waals surface area contributed by atoms with E-state index in [9.17, 15) is 13.6 Å². The number of likely N-dealkylation sites (tertiary alicyclic amines) is 2. The molecule has 23 heavy (non-hydrogen) atoms. The van der Waals surface area contributed by atoms with Crippen LogP contribution in [0.25, 0.3) is 0 Å². The first kappa shape index (κ1) is 15.1. The van der Waals surface area contributed by atoms with Crippen molar-refractivity contribution >= 4 is 5.91 Å². The highest BCUT2D eigenvalue weighted by atomic mass is 19.3. The predicted octanol–water partition coefficient (Wildman–Crippen LogP) is 1.88. The van der Waals surface area contributed by atoms with Crippen molar-refractivity contribution in [2.45, 2.75) is 38.2 Å². The van der Waals surface area contributed by atoms with E-state index in [1.165, 1.54) is 12.8 Å². The Bertz CT molecular complexity index is 587. The van der Waals surface area contributed by atoms with Crippen molar-refractivity contribution in [1.29, 1.82) is 0 Å². The molecule has 1 saturated carbocycles. The fourth-order valence-electron chi connectivity index (χ4n) is 4.14. The number of halogens is 2. The zero-order valence-corrected chi connectivity index (χ0v) is 13.1. The number of aromatic nitrogens is 2. The van der Waals surface area contributed by atoms with Crippen molar-refractivity contribution in [2.24, 2.45) is 11.3 Å². The first-order chi connectivity index (χ1) is 11.0. The Hall–Kier alpha value is -1.50. The first-order valence-electron chi connectivity index (χ1n) is 8.33. The summed E-state index contributed by atoms with van der Waals surface area (Å²) in [5, 5.41) is 6.57. The van der Waals surface area contributed by atoms with E-state index in [1.54, 1.807) is 17.3 Å². The van der Waals surface area contributed by atoms with Gasteiger partial charge in [-0.2, -0.15) is 5.10 Å². The molecular formula is C16H22F2N4O. The van der Waals surface area contributed by atoms with Crippen LogP contribution in [0.1, 0.15) is 31.2 Å². The van der Waals surface area contributed by atoms with Crippen LogP contribution in [-0.4, -0.2) is 58.0 Å². The molecule has 1 N–H and O–H groups in total. The minimum absolute atomic E-state index is 0.0547. The highest BCUT2D eigenvalue weighted by molar-refractivity contribution is 5.85. The molecule has 3 fully saturated rings. The van der Waals surface area contributed by atoms with Crippen molar-refractivity contribution < 1.29 is 13.6 Å². The van der Waals surface area contributed by atoms with Crippen molar-refractivity contribution in [1.82, 2.24) is 20.0 Å². The summed E-state index contributed by atoms with van der Waals surface area (Å²) in [6, 6.07) is 0. The molecule has 4 rings (SSSR count). The molecule has 1 aromatic rings. The average molecular weight is 324 g/mol. The summed E-state index contributed by atoms with van der Waals surface area (Å²) in [7, 11) is 0. The van der Waals surface area contributed by atoms with Crippen molar-refractivity contribution in [3.63, 3.8) is 0 Å². The van der Waals surface area contributed by atoms with Crippen LogP contribution in [0, 0.1) is 11.3 Å². The van der Waals surface area contributed by atoms with Gasteiger partial charge in [0, 0.05) is 44.4 Å². The highest BCUT2D eigenvalue weighted by Gasteiger charge is 2.56. The Morgan fingerprint density at radius 3 is 2.87 bits per heavy atom. The lowest BCUT2D eigenvalue weighted by atomic mass is 9.77. The number of aromatic amines is 1. The van der Waals surface area contributed by atoms with Crippen LogP contribution in [-0.2, 0) is 11.3 Å². The van der Waals surface area contributed by atoms with Crippen LogP contribution in [0.2, 0.25) is 0 Å². The maximum Gasteiger partial charge on any atom is 0.261 e. The molecule has 1 aliphatic carbocycles. The van der Waals surface area contributed by atoms with Gasteiger partial charge >= 0.3 is 0 Å². The molecular weight excluding hydrogens is 302 g/mol. The maximum atomic E-state index is 14.3. The number of amides is 1. The molecule has 1 aromatic heterocycles. The SMILES string of the molecule is O=C1N(CC2CC2)CC[C@]12CN(Cc1cn[nH]c1)CC(F)(F)C2. The molecule has 0 unspecified atom stereocenters. The molecule has 1 amide bonds. The number of nitrogens with zero attached hydrogens (tertiary/aromatic N) is 3. The number of alkyl halides is 2. The number of carbonyl (C=O) groups excluding carboxylic acids is 1. The zero-order chi connectivity index (χ0) is 16.1. The van der Waals surface area contributed by atoms with E-state index < -0.39 is 11.3 Å². The van der Waals surface area contributed by atoms with Gasteiger partial charge in [-0.3, -0.25) is 14.8 Å². The second-order valence-corrected chi connectivity index (χ2v) is 7.51. The third kappa shape index (κ3) is 2.98. The molecule has 3 aliphatic rings. The predicted molar refractivity (Wildman–Crippen MR) is 79.8 cm³/mol. The molecule has 3 heterocycles. The molecule has 126 valence electrons. The molecule has 2 saturated heterocycles. The summed E-state index contributed by atoms with van der Waals surface area (Å²) in [4.78, 5) is 16.4. The molecule has 7 heteroatoms. The topological polar surface area (TPSA) is 52.2 Å². The molecule has 1 atom stereocenters. The lowest BCUT2D eigenvalue weighted by Gasteiger charge is -2.42. The van der Waals surface area contributed by atoms with Crippen LogP contribution in [0.15, 0.2) is 12.4 Å². The van der Waals surface area contributed by atoms with E-state index in [1.807, 2.05) is 4.90 Å². The normalized spacial score (nSPS) is 31.2. The summed E-state index contributed by atoms with van der Waals surface area (Å²) in [5.41, 5.74) is -0.0291. The fourth-order valence-corrected chi connectivity index (χ4v) is 4.14. The van der Waals surface area contributed by atoms with Gasteiger partial charge in [-0.25, -0.2) is 8.78 Å². The monoisotopic (exact) mass is 324 g/mol. The van der Waals surface area contributed by atoms with Crippen LogP contribution in [0.5, 0.6) is 0 Å². The van der Waals surface area contributed by atoms with Gasteiger partial charge in [0.25, 0.3) is 5.92 Å². The number of carbonyl (C=O) groups is 1. The van der Waals surface area contributed by atoms with Gasteiger partial charge in [0.2, 0.25) is 5.91 Å². The van der Waals surface area contributed by atoms with E-state index in [0.717, 1.165) is 12.1 Å². The number of nitrogens with one attached hydrogen (secondary N) is 1. The molecule has 1 spiro atoms. The minimum Gasteiger partial charge on any atom is -0.342 e. The van der Waals surface area contributed by atoms with Crippen LogP contribution >= 0.6 is 0 Å². The fraction of sp³-hybridized carbons (Fsp3) is 0.750. The van der Waals surface area contributed by atoms with Crippen LogP contribution in [0.3, 0.4) is 0 Å². The van der Waals surface area contributed by atoms with Crippen molar-refractivity contribution in [3.8, 4) is 0 Å². The van der Waals surface area contributed by atoms with E-state index in [0.29, 0.717) is 32.0 Å². The number of hydrogen-bond donors (Lipinski definition) is 1. The van der Waals surface area contributed by atoms with Crippen LogP contribution < -0.4 is 0 Å². The molecule has 0 bridgehead atoms. The maximum absolute atomic E-state index is 14.3. The number of hydrogen-bond acceptors (Lipinski definition) is 3. The molecule has 2 aliphatic heterocycles. The van der Waals surface area contributed by atoms with E-state index in [2.05, 4.69) is 10.2 Å². The van der Waals surface area contributed by atoms with Crippen molar-refractivity contribution in [2.75, 3.05) is 26.2 Å². The number of H-pyrrole nitrogens is 1. The van der Waals surface area contributed by atoms with Gasteiger partial charge in [-0.1, -0.05) is 0 Å². The Morgan fingerprint density at radius 2 is 2.17 bits per heavy atom. The first-order valence-corrected chi connectivity index (χ1v) is 8.33. The lowest BCUT2D eigenvalue weighted by Crippen LogP contribution is -2.55. The number of rotatable bonds is 4. The minimum atomic E-state index is -2.81. The third-order valence-corrected chi connectivity index (χ3v) is 5.32. The Kier molecular flexibility index (Phi) is 3.44. The quantitative estimate of drug-likeness (QED) is 0.920. The molecule has 0 aromatic carbocycles. The second kappa shape index (κ2) is 5.26. The van der Waals surface area contributed by atoms with E-state index in [4.69, 9.17) is 0 Å². The number of piperidine rings is 1. The Balaban J connectivity index is 1.51. The molecule has 5 nitrogen and oxygen atoms in total. The van der Waals surface area contributed by atoms with Gasteiger partial charge in [0.15, 0.2) is 0 Å². The zero-order valence-electron chi connectivity index (χ0n) is 13.1. The van der Waals surface area contributed by atoms with Gasteiger partial charge in [0.05, 0.1) is 18.2 Å². The smallest absolute Gasteiger partial charge is 0.261 e. The highest BCUT2D eigenvalue weighted by Crippen LogP contribution is 2.46. The van der Waals surface area contributed by atoms with Gasteiger partial charge in [0.1, 0.15) is 0 Å². The summed E-state index contributed by atoms with van der Waals surface area (Å²) in [6.07, 6.45) is 5.95. The van der Waals surface area contributed by atoms with E-state index >= 15 is 0 Å². The standard InChI is InChI=1S/C16H22F2N4O/c17-16(18)9-15(3-4-22(14(15)23)8-12-1-2-12)10-21(11-16)7-13-5-19-20-6-13/h5-6,12H,1-4,7-11H2,(H,19,20)/t15-/m0/s1. The van der Waals surface area contributed by atoms with Crippen LogP contribution in [0.4, 0.5) is 8.78 Å². The summed E-state index contributed by atoms with van der Waals surface area (Å²) in [5.74, 6) is -2.27. The summed E-state index contributed by atoms with van der Waals surface area (Å²) in [6.45, 7) is 1.94. The Morgan fingerprint density at radius 1 is 1.35 bits per heavy atom. The third-order valence-electron chi connectivity index (χ3n) is 5.32. The van der Waals surface area contributed by atoms with Gasteiger partial charge in [-0.15, -0.1) is 0 Å². The van der Waals surface area contributed by atoms with Crippen molar-refractivity contribution in [3.05, 3.63) is 18.0 Å². The largest absolute Gasteiger partial charge is 0.342 e.